The van der Waals surface area contributed by atoms with Crippen LogP contribution in [0.4, 0.5) is 0 Å². The lowest BCUT2D eigenvalue weighted by molar-refractivity contribution is 0.331. The molecule has 0 spiro atoms. The largest absolute Gasteiger partial charge is 0.298 e. The Labute approximate surface area is 134 Å². The van der Waals surface area contributed by atoms with E-state index in [0.717, 1.165) is 24.9 Å². The highest BCUT2D eigenvalue weighted by atomic mass is 35.5. The second-order valence-corrected chi connectivity index (χ2v) is 8.47. The van der Waals surface area contributed by atoms with Crippen LogP contribution in [0.15, 0.2) is 12.1 Å². The summed E-state index contributed by atoms with van der Waals surface area (Å²) in [6, 6.07) is 3.69. The second kappa shape index (κ2) is 6.01. The molecule has 1 aliphatic heterocycles. The van der Waals surface area contributed by atoms with Gasteiger partial charge in [-0.2, -0.15) is 0 Å². The van der Waals surface area contributed by atoms with E-state index < -0.39 is 10.0 Å². The standard InChI is InChI=1S/C13H17Cl2N3O2S/c14-12-5-9(6-13(15)16-12)7-18-4-3-11(8-18)21(19,20)17-10-1-2-10/h5-6,10-11,17H,1-4,7-8H2. The van der Waals surface area contributed by atoms with E-state index in [1.54, 1.807) is 12.1 Å². The third kappa shape index (κ3) is 4.07. The van der Waals surface area contributed by atoms with Crippen molar-refractivity contribution >= 4 is 33.2 Å². The molecule has 0 aromatic carbocycles. The Morgan fingerprint density at radius 2 is 1.90 bits per heavy atom. The van der Waals surface area contributed by atoms with Gasteiger partial charge in [0.15, 0.2) is 0 Å². The molecule has 1 saturated heterocycles. The zero-order valence-corrected chi connectivity index (χ0v) is 13.8. The molecule has 5 nitrogen and oxygen atoms in total. The highest BCUT2D eigenvalue weighted by molar-refractivity contribution is 7.90. The third-order valence-corrected chi connectivity index (χ3v) is 6.12. The average molecular weight is 350 g/mol. The van der Waals surface area contributed by atoms with Gasteiger partial charge in [0.1, 0.15) is 10.3 Å². The molecule has 2 heterocycles. The number of hydrogen-bond acceptors (Lipinski definition) is 4. The summed E-state index contributed by atoms with van der Waals surface area (Å²) in [4.78, 5) is 6.02. The lowest BCUT2D eigenvalue weighted by atomic mass is 10.2. The number of aromatic nitrogens is 1. The molecule has 1 N–H and O–H groups in total. The van der Waals surface area contributed by atoms with E-state index in [1.165, 1.54) is 0 Å². The van der Waals surface area contributed by atoms with E-state index in [9.17, 15) is 8.42 Å². The summed E-state index contributed by atoms with van der Waals surface area (Å²) in [5, 5.41) is 0.387. The van der Waals surface area contributed by atoms with Crippen LogP contribution in [0.3, 0.4) is 0 Å². The normalized spacial score (nSPS) is 23.6. The number of hydrogen-bond donors (Lipinski definition) is 1. The Balaban J connectivity index is 1.61. The Morgan fingerprint density at radius 1 is 1.24 bits per heavy atom. The topological polar surface area (TPSA) is 62.3 Å². The summed E-state index contributed by atoms with van der Waals surface area (Å²) in [5.74, 6) is 0. The van der Waals surface area contributed by atoms with Gasteiger partial charge in [-0.25, -0.2) is 18.1 Å². The fourth-order valence-electron chi connectivity index (χ4n) is 2.59. The third-order valence-electron chi connectivity index (χ3n) is 3.81. The second-order valence-electron chi connectivity index (χ2n) is 5.70. The molecule has 1 aromatic heterocycles. The van der Waals surface area contributed by atoms with Crippen molar-refractivity contribution in [3.63, 3.8) is 0 Å². The molecule has 3 rings (SSSR count). The summed E-state index contributed by atoms with van der Waals surface area (Å²) >= 11 is 11.8. The van der Waals surface area contributed by atoms with Crippen LogP contribution in [-0.4, -0.2) is 42.7 Å². The lowest BCUT2D eigenvalue weighted by Gasteiger charge is -2.16. The van der Waals surface area contributed by atoms with Crippen LogP contribution < -0.4 is 4.72 Å². The Kier molecular flexibility index (Phi) is 4.43. The number of nitrogens with zero attached hydrogens (tertiary/aromatic N) is 2. The van der Waals surface area contributed by atoms with Gasteiger partial charge < -0.3 is 0 Å². The number of rotatable bonds is 5. The summed E-state index contributed by atoms with van der Waals surface area (Å²) in [5.41, 5.74) is 0.952. The van der Waals surface area contributed by atoms with Crippen molar-refractivity contribution in [1.29, 1.82) is 0 Å². The first-order valence-electron chi connectivity index (χ1n) is 6.98. The first kappa shape index (κ1) is 15.5. The molecule has 0 amide bonds. The van der Waals surface area contributed by atoms with Gasteiger partial charge in [0.05, 0.1) is 5.25 Å². The van der Waals surface area contributed by atoms with Gasteiger partial charge in [-0.1, -0.05) is 23.2 Å². The molecule has 1 atom stereocenters. The molecule has 1 aliphatic carbocycles. The maximum absolute atomic E-state index is 12.2. The van der Waals surface area contributed by atoms with E-state index in [1.807, 2.05) is 0 Å². The SMILES string of the molecule is O=S(=O)(NC1CC1)C1CCN(Cc2cc(Cl)nc(Cl)c2)C1. The lowest BCUT2D eigenvalue weighted by Crippen LogP contribution is -2.37. The predicted molar refractivity (Wildman–Crippen MR) is 83.0 cm³/mol. The van der Waals surface area contributed by atoms with Gasteiger partial charge in [0.25, 0.3) is 0 Å². The maximum Gasteiger partial charge on any atom is 0.216 e. The molecular weight excluding hydrogens is 333 g/mol. The van der Waals surface area contributed by atoms with Crippen molar-refractivity contribution < 1.29 is 8.42 Å². The molecule has 1 aromatic rings. The Bertz CT molecular complexity index is 614. The van der Waals surface area contributed by atoms with Gasteiger partial charge in [-0.15, -0.1) is 0 Å². The fraction of sp³-hybridized carbons (Fsp3) is 0.615. The summed E-state index contributed by atoms with van der Waals surface area (Å²) in [6.07, 6.45) is 2.59. The Morgan fingerprint density at radius 3 is 2.52 bits per heavy atom. The molecule has 1 unspecified atom stereocenters. The summed E-state index contributed by atoms with van der Waals surface area (Å²) < 4.78 is 27.2. The predicted octanol–water partition coefficient (Wildman–Crippen LogP) is 2.04. The minimum Gasteiger partial charge on any atom is -0.298 e. The van der Waals surface area contributed by atoms with E-state index in [2.05, 4.69) is 14.6 Å². The van der Waals surface area contributed by atoms with Gasteiger partial charge in [-0.3, -0.25) is 4.90 Å². The van der Waals surface area contributed by atoms with E-state index in [4.69, 9.17) is 23.2 Å². The van der Waals surface area contributed by atoms with Crippen LogP contribution in [0, 0.1) is 0 Å². The van der Waals surface area contributed by atoms with Gasteiger partial charge in [0.2, 0.25) is 10.0 Å². The van der Waals surface area contributed by atoms with Crippen molar-refractivity contribution in [2.24, 2.45) is 0 Å². The van der Waals surface area contributed by atoms with Crippen molar-refractivity contribution in [3.05, 3.63) is 28.0 Å². The highest BCUT2D eigenvalue weighted by Gasteiger charge is 2.36. The zero-order chi connectivity index (χ0) is 15.0. The first-order valence-corrected chi connectivity index (χ1v) is 9.28. The van der Waals surface area contributed by atoms with Crippen LogP contribution in [0.25, 0.3) is 0 Å². The minimum atomic E-state index is -3.19. The molecule has 21 heavy (non-hydrogen) atoms. The van der Waals surface area contributed by atoms with Crippen molar-refractivity contribution in [1.82, 2.24) is 14.6 Å². The quantitative estimate of drug-likeness (QED) is 0.826. The maximum atomic E-state index is 12.2. The molecule has 0 radical (unpaired) electrons. The van der Waals surface area contributed by atoms with E-state index >= 15 is 0 Å². The number of nitrogens with one attached hydrogen (secondary N) is 1. The molecule has 2 fully saturated rings. The zero-order valence-electron chi connectivity index (χ0n) is 11.4. The van der Waals surface area contributed by atoms with Crippen molar-refractivity contribution in [3.8, 4) is 0 Å². The van der Waals surface area contributed by atoms with E-state index in [0.29, 0.717) is 29.8 Å². The van der Waals surface area contributed by atoms with Crippen LogP contribution >= 0.6 is 23.2 Å². The first-order chi connectivity index (χ1) is 9.92. The number of sulfonamides is 1. The average Bonchev–Trinajstić information content (AvgIpc) is 3.02. The monoisotopic (exact) mass is 349 g/mol. The van der Waals surface area contributed by atoms with Gasteiger partial charge in [-0.05, 0) is 43.5 Å². The van der Waals surface area contributed by atoms with Crippen LogP contribution in [-0.2, 0) is 16.6 Å². The number of pyridine rings is 1. The molecule has 116 valence electrons. The number of likely N-dealkylation sites (tertiary alicyclic amines) is 1. The Hall–Kier alpha value is -0.400. The van der Waals surface area contributed by atoms with Crippen molar-refractivity contribution in [2.45, 2.75) is 37.1 Å². The molecule has 2 aliphatic rings. The highest BCUT2D eigenvalue weighted by Crippen LogP contribution is 2.25. The van der Waals surface area contributed by atoms with Crippen molar-refractivity contribution in [2.75, 3.05) is 13.1 Å². The molecular formula is C13H17Cl2N3O2S. The summed E-state index contributed by atoms with van der Waals surface area (Å²) in [7, 11) is -3.19. The van der Waals surface area contributed by atoms with Gasteiger partial charge in [0, 0.05) is 19.1 Å². The number of halogens is 2. The van der Waals surface area contributed by atoms with Crippen LogP contribution in [0.1, 0.15) is 24.8 Å². The molecule has 8 heteroatoms. The van der Waals surface area contributed by atoms with Crippen LogP contribution in [0.5, 0.6) is 0 Å². The van der Waals surface area contributed by atoms with Gasteiger partial charge >= 0.3 is 0 Å². The molecule has 1 saturated carbocycles. The fourth-order valence-corrected chi connectivity index (χ4v) is 4.81. The smallest absolute Gasteiger partial charge is 0.216 e. The van der Waals surface area contributed by atoms with Crippen LogP contribution in [0.2, 0.25) is 10.3 Å². The van der Waals surface area contributed by atoms with E-state index in [-0.39, 0.29) is 11.3 Å². The summed E-state index contributed by atoms with van der Waals surface area (Å²) in [6.45, 7) is 1.94. The molecule has 0 bridgehead atoms. The minimum absolute atomic E-state index is 0.168.